The Balaban J connectivity index is 1.50. The van der Waals surface area contributed by atoms with Crippen LogP contribution < -0.4 is 5.32 Å². The zero-order valence-electron chi connectivity index (χ0n) is 14.3. The van der Waals surface area contributed by atoms with Crippen LogP contribution in [0.25, 0.3) is 21.6 Å². The second-order valence-electron chi connectivity index (χ2n) is 5.88. The Hall–Kier alpha value is -2.51. The summed E-state index contributed by atoms with van der Waals surface area (Å²) in [6.45, 7) is 3.53. The summed E-state index contributed by atoms with van der Waals surface area (Å²) in [6, 6.07) is 8.01. The number of rotatable bonds is 6. The Morgan fingerprint density at radius 2 is 2.19 bits per heavy atom. The highest BCUT2D eigenvalue weighted by Gasteiger charge is 2.14. The first kappa shape index (κ1) is 16.9. The van der Waals surface area contributed by atoms with E-state index in [-0.39, 0.29) is 5.91 Å². The maximum atomic E-state index is 12.2. The predicted octanol–water partition coefficient (Wildman–Crippen LogP) is 4.10. The molecule has 1 amide bonds. The van der Waals surface area contributed by atoms with Gasteiger partial charge in [-0.15, -0.1) is 22.7 Å². The molecule has 0 atom stereocenters. The summed E-state index contributed by atoms with van der Waals surface area (Å²) in [5.74, 6) is -0.00657. The van der Waals surface area contributed by atoms with Crippen molar-refractivity contribution in [2.75, 3.05) is 0 Å². The van der Waals surface area contributed by atoms with Gasteiger partial charge in [0.15, 0.2) is 0 Å². The van der Waals surface area contributed by atoms with Crippen LogP contribution in [0.3, 0.4) is 0 Å². The highest BCUT2D eigenvalue weighted by atomic mass is 32.1. The number of aryl methyl sites for hydroxylation is 1. The third-order valence-electron chi connectivity index (χ3n) is 4.14. The number of hydrogen-bond acceptors (Lipinski definition) is 5. The van der Waals surface area contributed by atoms with Crippen molar-refractivity contribution in [3.05, 3.63) is 58.0 Å². The van der Waals surface area contributed by atoms with E-state index in [9.17, 15) is 4.79 Å². The van der Waals surface area contributed by atoms with E-state index in [1.165, 1.54) is 0 Å². The van der Waals surface area contributed by atoms with E-state index >= 15 is 0 Å². The third-order valence-corrected chi connectivity index (χ3v) is 5.94. The average Bonchev–Trinajstić information content (AvgIpc) is 3.39. The molecule has 4 heterocycles. The molecule has 5 nitrogen and oxygen atoms in total. The summed E-state index contributed by atoms with van der Waals surface area (Å²) < 4.78 is 2.12. The lowest BCUT2D eigenvalue weighted by molar-refractivity contribution is -0.120. The molecule has 4 aromatic rings. The number of thiazole rings is 1. The smallest absolute Gasteiger partial charge is 0.226 e. The molecule has 0 aromatic carbocycles. The first-order valence-corrected chi connectivity index (χ1v) is 10.2. The molecule has 7 heteroatoms. The number of carbonyl (C=O) groups excluding carboxylic acids is 1. The maximum Gasteiger partial charge on any atom is 0.226 e. The van der Waals surface area contributed by atoms with Crippen LogP contribution in [0, 0.1) is 0 Å². The van der Waals surface area contributed by atoms with Crippen molar-refractivity contribution in [1.82, 2.24) is 19.9 Å². The maximum absolute atomic E-state index is 12.2. The van der Waals surface area contributed by atoms with Gasteiger partial charge >= 0.3 is 0 Å². The van der Waals surface area contributed by atoms with E-state index in [0.29, 0.717) is 13.0 Å². The van der Waals surface area contributed by atoms with Crippen LogP contribution in [0.2, 0.25) is 0 Å². The number of carbonyl (C=O) groups is 1. The second-order valence-corrected chi connectivity index (χ2v) is 7.77. The van der Waals surface area contributed by atoms with Gasteiger partial charge in [-0.3, -0.25) is 4.79 Å². The SMILES string of the molecule is CCn1cc(-c2nc(CC(=O)NCc3cccs3)cs2)c2cccnc21. The highest BCUT2D eigenvalue weighted by molar-refractivity contribution is 7.13. The number of nitrogens with zero attached hydrogens (tertiary/aromatic N) is 3. The molecule has 0 aliphatic carbocycles. The minimum atomic E-state index is -0.00657. The Bertz CT molecular complexity index is 1030. The lowest BCUT2D eigenvalue weighted by atomic mass is 10.2. The van der Waals surface area contributed by atoms with Gasteiger partial charge in [-0.05, 0) is 30.5 Å². The molecule has 0 saturated carbocycles. The molecule has 0 aliphatic heterocycles. The molecule has 0 aliphatic rings. The van der Waals surface area contributed by atoms with E-state index < -0.39 is 0 Å². The molecular formula is C19H18N4OS2. The molecule has 0 radical (unpaired) electrons. The van der Waals surface area contributed by atoms with E-state index in [1.807, 2.05) is 35.2 Å². The summed E-state index contributed by atoms with van der Waals surface area (Å²) in [5, 5.41) is 8.94. The summed E-state index contributed by atoms with van der Waals surface area (Å²) in [6.07, 6.45) is 4.20. The average molecular weight is 383 g/mol. The highest BCUT2D eigenvalue weighted by Crippen LogP contribution is 2.31. The normalized spacial score (nSPS) is 11.1. The van der Waals surface area contributed by atoms with Gasteiger partial charge in [0, 0.05) is 40.1 Å². The van der Waals surface area contributed by atoms with Crippen LogP contribution in [0.4, 0.5) is 0 Å². The molecule has 0 bridgehead atoms. The number of pyridine rings is 1. The Kier molecular flexibility index (Phi) is 4.81. The second kappa shape index (κ2) is 7.39. The van der Waals surface area contributed by atoms with E-state index in [4.69, 9.17) is 0 Å². The first-order chi connectivity index (χ1) is 12.7. The van der Waals surface area contributed by atoms with Crippen molar-refractivity contribution in [3.8, 4) is 10.6 Å². The summed E-state index contributed by atoms with van der Waals surface area (Å²) in [7, 11) is 0. The summed E-state index contributed by atoms with van der Waals surface area (Å²) in [4.78, 5) is 22.5. The van der Waals surface area contributed by atoms with Crippen molar-refractivity contribution in [2.24, 2.45) is 0 Å². The quantitative estimate of drug-likeness (QED) is 0.546. The molecule has 1 N–H and O–H groups in total. The molecule has 4 rings (SSSR count). The minimum absolute atomic E-state index is 0.00657. The van der Waals surface area contributed by atoms with Gasteiger partial charge in [-0.1, -0.05) is 6.07 Å². The minimum Gasteiger partial charge on any atom is -0.351 e. The largest absolute Gasteiger partial charge is 0.351 e. The van der Waals surface area contributed by atoms with Gasteiger partial charge in [0.25, 0.3) is 0 Å². The lowest BCUT2D eigenvalue weighted by Crippen LogP contribution is -2.24. The topological polar surface area (TPSA) is 59.8 Å². The Morgan fingerprint density at radius 1 is 1.27 bits per heavy atom. The van der Waals surface area contributed by atoms with Crippen LogP contribution in [0.15, 0.2) is 47.4 Å². The molecule has 26 heavy (non-hydrogen) atoms. The standard InChI is InChI=1S/C19H18N4OS2/c1-2-23-11-16(15-6-3-7-20-18(15)23)19-22-13(12-26-19)9-17(24)21-10-14-5-4-8-25-14/h3-8,11-12H,2,9-10H2,1H3,(H,21,24). The van der Waals surface area contributed by atoms with Crippen LogP contribution in [-0.4, -0.2) is 20.4 Å². The van der Waals surface area contributed by atoms with Crippen LogP contribution in [-0.2, 0) is 24.3 Å². The molecule has 0 unspecified atom stereocenters. The van der Waals surface area contributed by atoms with E-state index in [0.717, 1.165) is 38.7 Å². The van der Waals surface area contributed by atoms with Crippen LogP contribution in [0.1, 0.15) is 17.5 Å². The first-order valence-electron chi connectivity index (χ1n) is 8.42. The van der Waals surface area contributed by atoms with E-state index in [2.05, 4.69) is 39.0 Å². The molecule has 0 saturated heterocycles. The molecule has 0 spiro atoms. The third kappa shape index (κ3) is 3.40. The number of aromatic nitrogens is 3. The Labute approximate surface area is 159 Å². The zero-order valence-corrected chi connectivity index (χ0v) is 15.9. The lowest BCUT2D eigenvalue weighted by Gasteiger charge is -2.01. The van der Waals surface area contributed by atoms with Crippen molar-refractivity contribution >= 4 is 39.6 Å². The number of amides is 1. The summed E-state index contributed by atoms with van der Waals surface area (Å²) >= 11 is 3.21. The fraction of sp³-hybridized carbons (Fsp3) is 0.211. The predicted molar refractivity (Wildman–Crippen MR) is 106 cm³/mol. The van der Waals surface area contributed by atoms with Gasteiger partial charge in [-0.2, -0.15) is 0 Å². The number of fused-ring (bicyclic) bond motifs is 1. The number of thiophene rings is 1. The molecule has 132 valence electrons. The van der Waals surface area contributed by atoms with Crippen molar-refractivity contribution in [2.45, 2.75) is 26.4 Å². The molecule has 0 fully saturated rings. The van der Waals surface area contributed by atoms with Gasteiger partial charge < -0.3 is 9.88 Å². The Morgan fingerprint density at radius 3 is 3.00 bits per heavy atom. The summed E-state index contributed by atoms with van der Waals surface area (Å²) in [5.41, 5.74) is 2.84. The molecule has 4 aromatic heterocycles. The zero-order chi connectivity index (χ0) is 17.9. The number of hydrogen-bond donors (Lipinski definition) is 1. The van der Waals surface area contributed by atoms with Gasteiger partial charge in [0.2, 0.25) is 5.91 Å². The fourth-order valence-electron chi connectivity index (χ4n) is 2.87. The van der Waals surface area contributed by atoms with Crippen molar-refractivity contribution < 1.29 is 4.79 Å². The van der Waals surface area contributed by atoms with Gasteiger partial charge in [0.1, 0.15) is 10.7 Å². The van der Waals surface area contributed by atoms with Gasteiger partial charge in [-0.25, -0.2) is 9.97 Å². The van der Waals surface area contributed by atoms with Crippen LogP contribution in [0.5, 0.6) is 0 Å². The fourth-order valence-corrected chi connectivity index (χ4v) is 4.36. The van der Waals surface area contributed by atoms with Crippen LogP contribution >= 0.6 is 22.7 Å². The van der Waals surface area contributed by atoms with Crippen molar-refractivity contribution in [1.29, 1.82) is 0 Å². The molecular weight excluding hydrogens is 364 g/mol. The monoisotopic (exact) mass is 382 g/mol. The van der Waals surface area contributed by atoms with E-state index in [1.54, 1.807) is 22.7 Å². The number of nitrogens with one attached hydrogen (secondary N) is 1. The van der Waals surface area contributed by atoms with Gasteiger partial charge in [0.05, 0.1) is 18.7 Å². The van der Waals surface area contributed by atoms with Crippen molar-refractivity contribution in [3.63, 3.8) is 0 Å².